The monoisotopic (exact) mass is 288 g/mol. The first-order valence-electron chi connectivity index (χ1n) is 7.40. The number of carbonyl (C=O) groups excluding carboxylic acids is 1. The van der Waals surface area contributed by atoms with Gasteiger partial charge < -0.3 is 5.32 Å². The van der Waals surface area contributed by atoms with Gasteiger partial charge in [0.15, 0.2) is 11.0 Å². The highest BCUT2D eigenvalue weighted by Crippen LogP contribution is 2.27. The Hall–Kier alpha value is -1.29. The summed E-state index contributed by atoms with van der Waals surface area (Å²) >= 11 is 1.80. The minimum atomic E-state index is 0.277. The van der Waals surface area contributed by atoms with Crippen molar-refractivity contribution in [1.82, 2.24) is 0 Å². The SMILES string of the molecule is CCCCC1CSC(Nc2ccc3c(c2)CCC3=O)=N1. The maximum atomic E-state index is 11.6. The average Bonchev–Trinajstić information content (AvgIpc) is 3.04. The van der Waals surface area contributed by atoms with Crippen LogP contribution in [-0.2, 0) is 6.42 Å². The van der Waals surface area contributed by atoms with Crippen LogP contribution in [0.4, 0.5) is 5.69 Å². The molecular formula is C16H20N2OS. The molecule has 1 aromatic carbocycles. The van der Waals surface area contributed by atoms with Crippen molar-refractivity contribution in [3.05, 3.63) is 29.3 Å². The van der Waals surface area contributed by atoms with Crippen LogP contribution in [0.3, 0.4) is 0 Å². The summed E-state index contributed by atoms with van der Waals surface area (Å²) in [5, 5.41) is 4.42. The topological polar surface area (TPSA) is 41.5 Å². The second-order valence-electron chi connectivity index (χ2n) is 5.46. The van der Waals surface area contributed by atoms with Crippen LogP contribution in [-0.4, -0.2) is 22.7 Å². The number of unbranched alkanes of at least 4 members (excludes halogenated alkanes) is 1. The lowest BCUT2D eigenvalue weighted by Crippen LogP contribution is -2.06. The van der Waals surface area contributed by atoms with E-state index in [1.165, 1.54) is 24.8 Å². The molecule has 20 heavy (non-hydrogen) atoms. The number of fused-ring (bicyclic) bond motifs is 1. The van der Waals surface area contributed by atoms with E-state index in [1.54, 1.807) is 11.8 Å². The minimum Gasteiger partial charge on any atom is -0.335 e. The molecule has 0 fully saturated rings. The third-order valence-electron chi connectivity index (χ3n) is 3.88. The number of nitrogens with zero attached hydrogens (tertiary/aromatic N) is 1. The summed E-state index contributed by atoms with van der Waals surface area (Å²) < 4.78 is 0. The van der Waals surface area contributed by atoms with Crippen LogP contribution in [0.15, 0.2) is 23.2 Å². The Morgan fingerprint density at radius 3 is 3.15 bits per heavy atom. The lowest BCUT2D eigenvalue weighted by Gasteiger charge is -2.07. The van der Waals surface area contributed by atoms with Crippen LogP contribution < -0.4 is 5.32 Å². The van der Waals surface area contributed by atoms with Crippen LogP contribution in [0.2, 0.25) is 0 Å². The molecule has 0 saturated carbocycles. The Bertz CT molecular complexity index is 553. The average molecular weight is 288 g/mol. The van der Waals surface area contributed by atoms with E-state index in [4.69, 9.17) is 4.99 Å². The van der Waals surface area contributed by atoms with Gasteiger partial charge in [0.25, 0.3) is 0 Å². The first kappa shape index (κ1) is 13.7. The van der Waals surface area contributed by atoms with Gasteiger partial charge >= 0.3 is 0 Å². The van der Waals surface area contributed by atoms with Gasteiger partial charge in [-0.2, -0.15) is 0 Å². The Labute approximate surface area is 124 Å². The van der Waals surface area contributed by atoms with E-state index in [0.29, 0.717) is 12.5 Å². The molecule has 1 unspecified atom stereocenters. The molecule has 4 heteroatoms. The third kappa shape index (κ3) is 2.90. The molecule has 106 valence electrons. The minimum absolute atomic E-state index is 0.277. The Morgan fingerprint density at radius 1 is 1.40 bits per heavy atom. The molecule has 0 bridgehead atoms. The molecule has 1 aliphatic carbocycles. The Balaban J connectivity index is 1.65. The molecule has 1 N–H and O–H groups in total. The number of Topliss-reactive ketones (excluding diaryl/α,β-unsaturated/α-hetero) is 1. The first-order valence-corrected chi connectivity index (χ1v) is 8.38. The molecule has 0 spiro atoms. The molecule has 2 aliphatic rings. The first-order chi connectivity index (χ1) is 9.76. The number of benzene rings is 1. The zero-order valence-corrected chi connectivity index (χ0v) is 12.6. The largest absolute Gasteiger partial charge is 0.335 e. The standard InChI is InChI=1S/C16H20N2OS/c1-2-3-4-13-10-20-16(18-13)17-12-6-7-14-11(9-12)5-8-15(14)19/h6-7,9,13H,2-5,8,10H2,1H3,(H,17,18). The van der Waals surface area contributed by atoms with Crippen LogP contribution in [0, 0.1) is 0 Å². The van der Waals surface area contributed by atoms with Crippen LogP contribution in [0.1, 0.15) is 48.5 Å². The fraction of sp³-hybridized carbons (Fsp3) is 0.500. The van der Waals surface area contributed by atoms with E-state index in [-0.39, 0.29) is 5.78 Å². The molecular weight excluding hydrogens is 268 g/mol. The molecule has 3 rings (SSSR count). The van der Waals surface area contributed by atoms with Gasteiger partial charge in [-0.15, -0.1) is 0 Å². The van der Waals surface area contributed by atoms with Gasteiger partial charge in [0.2, 0.25) is 0 Å². The van der Waals surface area contributed by atoms with Crippen LogP contribution >= 0.6 is 11.8 Å². The number of rotatable bonds is 4. The number of carbonyl (C=O) groups is 1. The molecule has 3 nitrogen and oxygen atoms in total. The number of anilines is 1. The number of ketones is 1. The molecule has 1 aromatic rings. The zero-order chi connectivity index (χ0) is 13.9. The molecule has 1 aliphatic heterocycles. The van der Waals surface area contributed by atoms with E-state index in [1.807, 2.05) is 12.1 Å². The Kier molecular flexibility index (Phi) is 4.10. The maximum Gasteiger partial charge on any atom is 0.163 e. The smallest absolute Gasteiger partial charge is 0.163 e. The molecule has 1 heterocycles. The van der Waals surface area contributed by atoms with Crippen molar-refractivity contribution in [2.24, 2.45) is 4.99 Å². The molecule has 0 radical (unpaired) electrons. The van der Waals surface area contributed by atoms with Gasteiger partial charge in [0, 0.05) is 23.4 Å². The summed E-state index contributed by atoms with van der Waals surface area (Å²) in [4.78, 5) is 16.3. The van der Waals surface area contributed by atoms with Gasteiger partial charge in [-0.05, 0) is 36.6 Å². The highest BCUT2D eigenvalue weighted by atomic mass is 32.2. The number of nitrogens with one attached hydrogen (secondary N) is 1. The van der Waals surface area contributed by atoms with Crippen LogP contribution in [0.25, 0.3) is 0 Å². The second kappa shape index (κ2) is 6.00. The maximum absolute atomic E-state index is 11.6. The van der Waals surface area contributed by atoms with Crippen molar-refractivity contribution in [3.8, 4) is 0 Å². The summed E-state index contributed by atoms with van der Waals surface area (Å²) in [6, 6.07) is 6.51. The van der Waals surface area contributed by atoms with Gasteiger partial charge in [-0.3, -0.25) is 9.79 Å². The predicted octanol–water partition coefficient (Wildman–Crippen LogP) is 3.89. The summed E-state index contributed by atoms with van der Waals surface area (Å²) in [6.07, 6.45) is 5.21. The van der Waals surface area contributed by atoms with E-state index >= 15 is 0 Å². The van der Waals surface area contributed by atoms with Crippen molar-refractivity contribution in [3.63, 3.8) is 0 Å². The lowest BCUT2D eigenvalue weighted by atomic mass is 10.1. The van der Waals surface area contributed by atoms with E-state index < -0.39 is 0 Å². The van der Waals surface area contributed by atoms with Crippen molar-refractivity contribution in [2.45, 2.75) is 45.1 Å². The highest BCUT2D eigenvalue weighted by molar-refractivity contribution is 8.14. The van der Waals surface area contributed by atoms with E-state index in [9.17, 15) is 4.79 Å². The van der Waals surface area contributed by atoms with Crippen molar-refractivity contribution < 1.29 is 4.79 Å². The quantitative estimate of drug-likeness (QED) is 0.914. The normalized spacial score (nSPS) is 20.9. The second-order valence-corrected chi connectivity index (χ2v) is 6.47. The molecule has 1 atom stereocenters. The third-order valence-corrected chi connectivity index (χ3v) is 4.91. The number of amidine groups is 1. The fourth-order valence-electron chi connectivity index (χ4n) is 2.73. The lowest BCUT2D eigenvalue weighted by molar-refractivity contribution is 0.0994. The van der Waals surface area contributed by atoms with Gasteiger partial charge in [0.1, 0.15) is 0 Å². The van der Waals surface area contributed by atoms with E-state index in [0.717, 1.165) is 28.6 Å². The highest BCUT2D eigenvalue weighted by Gasteiger charge is 2.21. The Morgan fingerprint density at radius 2 is 2.30 bits per heavy atom. The molecule has 0 aromatic heterocycles. The van der Waals surface area contributed by atoms with Crippen LogP contribution in [0.5, 0.6) is 0 Å². The molecule has 0 saturated heterocycles. The number of hydrogen-bond donors (Lipinski definition) is 1. The van der Waals surface area contributed by atoms with Crippen molar-refractivity contribution in [2.75, 3.05) is 11.1 Å². The number of thioether (sulfide) groups is 1. The zero-order valence-electron chi connectivity index (χ0n) is 11.8. The van der Waals surface area contributed by atoms with Gasteiger partial charge in [0.05, 0.1) is 6.04 Å². The van der Waals surface area contributed by atoms with Gasteiger partial charge in [-0.25, -0.2) is 0 Å². The number of aryl methyl sites for hydroxylation is 1. The summed E-state index contributed by atoms with van der Waals surface area (Å²) in [7, 11) is 0. The van der Waals surface area contributed by atoms with Gasteiger partial charge in [-0.1, -0.05) is 31.5 Å². The van der Waals surface area contributed by atoms with E-state index in [2.05, 4.69) is 18.3 Å². The molecule has 0 amide bonds. The number of hydrogen-bond acceptors (Lipinski definition) is 4. The van der Waals surface area contributed by atoms with Crippen molar-refractivity contribution >= 4 is 28.4 Å². The predicted molar refractivity (Wildman–Crippen MR) is 85.9 cm³/mol. The summed E-state index contributed by atoms with van der Waals surface area (Å²) in [5.41, 5.74) is 3.13. The van der Waals surface area contributed by atoms with Crippen molar-refractivity contribution in [1.29, 1.82) is 0 Å². The summed E-state index contributed by atoms with van der Waals surface area (Å²) in [6.45, 7) is 2.22. The number of aliphatic imine (C=N–C) groups is 1. The summed E-state index contributed by atoms with van der Waals surface area (Å²) in [5.74, 6) is 1.37. The fourth-order valence-corrected chi connectivity index (χ4v) is 3.73.